The molecule has 37 heavy (non-hydrogen) atoms. The first kappa shape index (κ1) is 28.6. The average Bonchev–Trinajstić information content (AvgIpc) is 2.80. The van der Waals surface area contributed by atoms with Crippen LogP contribution in [0.4, 0.5) is 15.3 Å². The van der Waals surface area contributed by atoms with Crippen molar-refractivity contribution < 1.29 is 43.0 Å². The monoisotopic (exact) mass is 517 g/mol. The Labute approximate surface area is 212 Å². The Hall–Kier alpha value is -4.68. The molecule has 0 fully saturated rings. The van der Waals surface area contributed by atoms with E-state index in [1.165, 1.54) is 49.4 Å². The molecule has 0 aromatic heterocycles. The summed E-state index contributed by atoms with van der Waals surface area (Å²) in [4.78, 5) is 57.9. The number of non-ortho nitro benzene ring substituents is 1. The van der Waals surface area contributed by atoms with Crippen LogP contribution in [0.2, 0.25) is 0 Å². The zero-order chi connectivity index (χ0) is 27.6. The maximum Gasteiger partial charge on any atom is 0.514 e. The second kappa shape index (κ2) is 12.9. The molecule has 0 atom stereocenters. The van der Waals surface area contributed by atoms with Crippen LogP contribution < -0.4 is 20.1 Å². The number of alkyl carbamates (subject to hydrolysis) is 1. The summed E-state index contributed by atoms with van der Waals surface area (Å²) >= 11 is 0. The number of carbonyl (C=O) groups is 4. The number of esters is 1. The quantitative estimate of drug-likeness (QED) is 0.125. The average molecular weight is 517 g/mol. The Morgan fingerprint density at radius 3 is 2.19 bits per heavy atom. The summed E-state index contributed by atoms with van der Waals surface area (Å²) < 4.78 is 20.2. The van der Waals surface area contributed by atoms with Crippen LogP contribution in [0.1, 0.15) is 43.6 Å². The molecule has 13 nitrogen and oxygen atoms in total. The largest absolute Gasteiger partial charge is 0.514 e. The molecule has 0 aliphatic rings. The summed E-state index contributed by atoms with van der Waals surface area (Å²) in [7, 11) is 0. The molecule has 0 heterocycles. The zero-order valence-electron chi connectivity index (χ0n) is 20.7. The molecule has 0 radical (unpaired) electrons. The lowest BCUT2D eigenvalue weighted by Gasteiger charge is -2.19. The van der Waals surface area contributed by atoms with Crippen molar-refractivity contribution in [3.05, 3.63) is 63.7 Å². The number of carbonyl (C=O) groups excluding carboxylic acids is 4. The van der Waals surface area contributed by atoms with Gasteiger partial charge in [-0.3, -0.25) is 19.7 Å². The van der Waals surface area contributed by atoms with Crippen LogP contribution in [0.5, 0.6) is 11.5 Å². The van der Waals surface area contributed by atoms with Gasteiger partial charge in [0.05, 0.1) is 10.5 Å². The number of amides is 2. The molecule has 13 heteroatoms. The number of ether oxygens (including phenoxy) is 4. The number of nitrogens with zero attached hydrogens (tertiary/aromatic N) is 1. The predicted molar refractivity (Wildman–Crippen MR) is 128 cm³/mol. The molecular weight excluding hydrogens is 490 g/mol. The first-order valence-corrected chi connectivity index (χ1v) is 11.0. The van der Waals surface area contributed by atoms with Gasteiger partial charge < -0.3 is 29.6 Å². The van der Waals surface area contributed by atoms with Gasteiger partial charge in [-0.2, -0.15) is 0 Å². The number of hydrogen-bond donors (Lipinski definition) is 2. The molecule has 0 aliphatic heterocycles. The topological polar surface area (TPSA) is 172 Å². The lowest BCUT2D eigenvalue weighted by atomic mass is 10.1. The first-order chi connectivity index (χ1) is 17.3. The first-order valence-electron chi connectivity index (χ1n) is 11.0. The van der Waals surface area contributed by atoms with Crippen molar-refractivity contribution in [1.29, 1.82) is 0 Å². The van der Waals surface area contributed by atoms with E-state index < -0.39 is 34.6 Å². The fourth-order valence-corrected chi connectivity index (χ4v) is 2.74. The van der Waals surface area contributed by atoms with E-state index in [0.29, 0.717) is 5.56 Å². The number of rotatable bonds is 9. The van der Waals surface area contributed by atoms with Crippen LogP contribution in [0.3, 0.4) is 0 Å². The van der Waals surface area contributed by atoms with Crippen molar-refractivity contribution in [3.8, 4) is 11.5 Å². The second-order valence-electron chi connectivity index (χ2n) is 8.50. The van der Waals surface area contributed by atoms with E-state index >= 15 is 0 Å². The van der Waals surface area contributed by atoms with Crippen LogP contribution in [0.15, 0.2) is 42.5 Å². The minimum atomic E-state index is -1.07. The minimum absolute atomic E-state index is 0.00250. The lowest BCUT2D eigenvalue weighted by Crippen LogP contribution is -2.38. The Balaban J connectivity index is 1.97. The summed E-state index contributed by atoms with van der Waals surface area (Å²) in [5.41, 5.74) is -0.450. The van der Waals surface area contributed by atoms with E-state index in [-0.39, 0.29) is 42.4 Å². The molecule has 0 aliphatic carbocycles. The summed E-state index contributed by atoms with van der Waals surface area (Å²) in [5.74, 6) is -1.21. The van der Waals surface area contributed by atoms with Gasteiger partial charge in [-0.1, -0.05) is 6.07 Å². The van der Waals surface area contributed by atoms with Gasteiger partial charge in [0, 0.05) is 32.1 Å². The zero-order valence-corrected chi connectivity index (χ0v) is 20.7. The summed E-state index contributed by atoms with van der Waals surface area (Å²) in [5, 5.41) is 15.8. The number of nitro groups is 1. The third-order valence-electron chi connectivity index (χ3n) is 4.23. The van der Waals surface area contributed by atoms with Crippen LogP contribution in [-0.2, 0) is 20.9 Å². The van der Waals surface area contributed by atoms with Crippen molar-refractivity contribution in [1.82, 2.24) is 10.6 Å². The number of nitro benzene ring substituents is 1. The van der Waals surface area contributed by atoms with Crippen molar-refractivity contribution in [2.75, 3.05) is 13.1 Å². The fraction of sp³-hybridized carbons (Fsp3) is 0.333. The molecule has 198 valence electrons. The highest BCUT2D eigenvalue weighted by molar-refractivity contribution is 5.97. The maximum absolute atomic E-state index is 12.7. The van der Waals surface area contributed by atoms with Crippen molar-refractivity contribution in [2.24, 2.45) is 0 Å². The molecule has 2 amide bonds. The van der Waals surface area contributed by atoms with Gasteiger partial charge in [-0.05, 0) is 50.6 Å². The van der Waals surface area contributed by atoms with Crippen LogP contribution >= 0.6 is 0 Å². The maximum atomic E-state index is 12.7. The van der Waals surface area contributed by atoms with E-state index in [2.05, 4.69) is 10.6 Å². The third kappa shape index (κ3) is 10.2. The van der Waals surface area contributed by atoms with Gasteiger partial charge in [-0.15, -0.1) is 0 Å². The van der Waals surface area contributed by atoms with E-state index in [4.69, 9.17) is 18.9 Å². The van der Waals surface area contributed by atoms with Gasteiger partial charge in [0.2, 0.25) is 0 Å². The van der Waals surface area contributed by atoms with Gasteiger partial charge in [0.25, 0.3) is 11.6 Å². The molecule has 0 saturated carbocycles. The molecule has 2 N–H and O–H groups in total. The molecule has 0 unspecified atom stereocenters. The van der Waals surface area contributed by atoms with E-state index in [1.807, 2.05) is 0 Å². The highest BCUT2D eigenvalue weighted by Crippen LogP contribution is 2.22. The highest BCUT2D eigenvalue weighted by atomic mass is 16.7. The molecule has 0 spiro atoms. The summed E-state index contributed by atoms with van der Waals surface area (Å²) in [6.07, 6.45) is -1.71. The number of benzene rings is 2. The Bertz CT molecular complexity index is 1160. The Morgan fingerprint density at radius 2 is 1.59 bits per heavy atom. The molecular formula is C24H27N3O10. The molecule has 2 aromatic carbocycles. The minimum Gasteiger partial charge on any atom is -0.444 e. The fourth-order valence-electron chi connectivity index (χ4n) is 2.74. The van der Waals surface area contributed by atoms with Gasteiger partial charge in [-0.25, -0.2) is 9.59 Å². The molecule has 2 rings (SSSR count). The van der Waals surface area contributed by atoms with Crippen molar-refractivity contribution in [2.45, 2.75) is 39.9 Å². The standard InChI is InChI=1S/C24H27N3O10/c1-15(28)35-20-10-5-16(14-34-23(31)36-18-8-6-17(7-9-18)27(32)33)13-19(20)21(29)25-11-12-26-22(30)37-24(2,3)4/h5-10,13H,11-12,14H2,1-4H3,(H,25,29)(H,26,30). The van der Waals surface area contributed by atoms with Crippen molar-refractivity contribution >= 4 is 29.8 Å². The third-order valence-corrected chi connectivity index (χ3v) is 4.23. The molecule has 0 saturated heterocycles. The SMILES string of the molecule is CC(=O)Oc1ccc(COC(=O)Oc2ccc([N+](=O)[O-])cc2)cc1C(=O)NCCNC(=O)OC(C)(C)C. The Morgan fingerprint density at radius 1 is 0.946 bits per heavy atom. The predicted octanol–water partition coefficient (Wildman–Crippen LogP) is 3.49. The lowest BCUT2D eigenvalue weighted by molar-refractivity contribution is -0.384. The van der Waals surface area contributed by atoms with Gasteiger partial charge in [0.15, 0.2) is 0 Å². The smallest absolute Gasteiger partial charge is 0.444 e. The van der Waals surface area contributed by atoms with Crippen LogP contribution in [-0.4, -0.2) is 47.7 Å². The summed E-state index contributed by atoms with van der Waals surface area (Å²) in [6, 6.07) is 9.05. The van der Waals surface area contributed by atoms with Crippen LogP contribution in [0.25, 0.3) is 0 Å². The molecule has 0 bridgehead atoms. The normalized spacial score (nSPS) is 10.6. The van der Waals surface area contributed by atoms with Gasteiger partial charge in [0.1, 0.15) is 23.7 Å². The highest BCUT2D eigenvalue weighted by Gasteiger charge is 2.18. The van der Waals surface area contributed by atoms with Crippen LogP contribution in [0, 0.1) is 10.1 Å². The van der Waals surface area contributed by atoms with E-state index in [1.54, 1.807) is 20.8 Å². The number of nitrogens with one attached hydrogen (secondary N) is 2. The number of hydrogen-bond acceptors (Lipinski definition) is 10. The van der Waals surface area contributed by atoms with E-state index in [9.17, 15) is 29.3 Å². The second-order valence-corrected chi connectivity index (χ2v) is 8.50. The van der Waals surface area contributed by atoms with Gasteiger partial charge >= 0.3 is 18.2 Å². The van der Waals surface area contributed by atoms with Crippen molar-refractivity contribution in [3.63, 3.8) is 0 Å². The summed E-state index contributed by atoms with van der Waals surface area (Å²) in [6.45, 7) is 6.19. The molecule has 2 aromatic rings. The Kier molecular flexibility index (Phi) is 9.92. The van der Waals surface area contributed by atoms with E-state index in [0.717, 1.165) is 0 Å².